The molecule has 2 aromatic rings. The number of nitrogens with zero attached hydrogens (tertiary/aromatic N) is 1. The van der Waals surface area contributed by atoms with Gasteiger partial charge in [0.05, 0.1) is 37.0 Å². The van der Waals surface area contributed by atoms with Gasteiger partial charge in [-0.2, -0.15) is 0 Å². The van der Waals surface area contributed by atoms with Crippen molar-refractivity contribution in [1.82, 2.24) is 4.90 Å². The van der Waals surface area contributed by atoms with Crippen LogP contribution in [0.15, 0.2) is 48.0 Å². The number of ketones is 1. The molecule has 1 heterocycles. The molecule has 0 aliphatic carbocycles. The van der Waals surface area contributed by atoms with E-state index in [1.807, 2.05) is 6.92 Å². The Balaban J connectivity index is 2.09. The van der Waals surface area contributed by atoms with Crippen LogP contribution in [0.3, 0.4) is 0 Å². The molecule has 32 heavy (non-hydrogen) atoms. The van der Waals surface area contributed by atoms with Crippen LogP contribution in [0.1, 0.15) is 30.5 Å². The number of Topliss-reactive ketones (excluding diaryl/α,β-unsaturated/α-hetero) is 1. The number of aliphatic hydroxyl groups is 1. The van der Waals surface area contributed by atoms with E-state index in [9.17, 15) is 14.7 Å². The Labute approximate surface area is 192 Å². The van der Waals surface area contributed by atoms with Gasteiger partial charge in [-0.15, -0.1) is 0 Å². The van der Waals surface area contributed by atoms with E-state index < -0.39 is 17.7 Å². The fourth-order valence-electron chi connectivity index (χ4n) is 3.58. The van der Waals surface area contributed by atoms with E-state index in [2.05, 4.69) is 0 Å². The summed E-state index contributed by atoms with van der Waals surface area (Å²) >= 11 is 6.20. The SMILES string of the molecule is CCCOc1ccc(C2/C(=C(/O)c3ccc(OC)c(Cl)c3)C(=O)C(=O)N2CCOC)cc1. The summed E-state index contributed by atoms with van der Waals surface area (Å²) in [5, 5.41) is 11.3. The third kappa shape index (κ3) is 4.74. The van der Waals surface area contributed by atoms with E-state index in [-0.39, 0.29) is 29.5 Å². The number of hydrogen-bond donors (Lipinski definition) is 1. The molecule has 0 aromatic heterocycles. The largest absolute Gasteiger partial charge is 0.507 e. The zero-order valence-corrected chi connectivity index (χ0v) is 19.0. The fraction of sp³-hybridized carbons (Fsp3) is 0.333. The van der Waals surface area contributed by atoms with Gasteiger partial charge in [0.15, 0.2) is 0 Å². The highest BCUT2D eigenvalue weighted by Crippen LogP contribution is 2.40. The van der Waals surface area contributed by atoms with Crippen LogP contribution >= 0.6 is 11.6 Å². The van der Waals surface area contributed by atoms with Gasteiger partial charge in [0.2, 0.25) is 0 Å². The Kier molecular flexibility index (Phi) is 7.77. The van der Waals surface area contributed by atoms with Crippen molar-refractivity contribution < 1.29 is 28.9 Å². The number of rotatable bonds is 9. The lowest BCUT2D eigenvalue weighted by molar-refractivity contribution is -0.140. The molecule has 1 saturated heterocycles. The van der Waals surface area contributed by atoms with Crippen LogP contribution in [0.5, 0.6) is 11.5 Å². The minimum atomic E-state index is -0.772. The van der Waals surface area contributed by atoms with Crippen LogP contribution in [-0.4, -0.2) is 55.7 Å². The Morgan fingerprint density at radius 3 is 2.41 bits per heavy atom. The normalized spacial score (nSPS) is 17.6. The molecule has 1 atom stereocenters. The highest BCUT2D eigenvalue weighted by Gasteiger charge is 2.45. The monoisotopic (exact) mass is 459 g/mol. The van der Waals surface area contributed by atoms with E-state index in [1.54, 1.807) is 36.4 Å². The molecule has 0 radical (unpaired) electrons. The van der Waals surface area contributed by atoms with Crippen molar-refractivity contribution >= 4 is 29.1 Å². The second kappa shape index (κ2) is 10.5. The van der Waals surface area contributed by atoms with Crippen molar-refractivity contribution in [3.63, 3.8) is 0 Å². The van der Waals surface area contributed by atoms with Crippen LogP contribution in [0, 0.1) is 0 Å². The van der Waals surface area contributed by atoms with Crippen LogP contribution < -0.4 is 9.47 Å². The Bertz CT molecular complexity index is 1020. The Morgan fingerprint density at radius 1 is 1.09 bits per heavy atom. The zero-order valence-electron chi connectivity index (χ0n) is 18.3. The average molecular weight is 460 g/mol. The molecular weight excluding hydrogens is 434 g/mol. The molecule has 7 nitrogen and oxygen atoms in total. The molecule has 0 bridgehead atoms. The molecule has 0 spiro atoms. The van der Waals surface area contributed by atoms with Crippen LogP contribution in [-0.2, 0) is 14.3 Å². The maximum absolute atomic E-state index is 13.0. The molecule has 8 heteroatoms. The molecule has 0 saturated carbocycles. The van der Waals surface area contributed by atoms with Crippen LogP contribution in [0.2, 0.25) is 5.02 Å². The predicted molar refractivity (Wildman–Crippen MR) is 121 cm³/mol. The van der Waals surface area contributed by atoms with Crippen molar-refractivity contribution in [2.75, 3.05) is 34.0 Å². The number of ether oxygens (including phenoxy) is 3. The molecule has 170 valence electrons. The van der Waals surface area contributed by atoms with Crippen molar-refractivity contribution in [3.05, 3.63) is 64.2 Å². The predicted octanol–water partition coefficient (Wildman–Crippen LogP) is 4.21. The minimum Gasteiger partial charge on any atom is -0.507 e. The van der Waals surface area contributed by atoms with Gasteiger partial charge in [0.25, 0.3) is 11.7 Å². The number of halogens is 1. The fourth-order valence-corrected chi connectivity index (χ4v) is 3.84. The summed E-state index contributed by atoms with van der Waals surface area (Å²) in [6, 6.07) is 11.0. The topological polar surface area (TPSA) is 85.3 Å². The summed E-state index contributed by atoms with van der Waals surface area (Å²) in [5.74, 6) is -0.639. The highest BCUT2D eigenvalue weighted by atomic mass is 35.5. The molecule has 1 aliphatic rings. The number of likely N-dealkylation sites (tertiary alicyclic amines) is 1. The zero-order chi connectivity index (χ0) is 23.3. The summed E-state index contributed by atoms with van der Waals surface area (Å²) in [6.07, 6.45) is 0.878. The first-order valence-corrected chi connectivity index (χ1v) is 10.6. The first-order chi connectivity index (χ1) is 15.4. The number of hydrogen-bond acceptors (Lipinski definition) is 6. The average Bonchev–Trinajstić information content (AvgIpc) is 3.06. The van der Waals surface area contributed by atoms with Crippen molar-refractivity contribution in [3.8, 4) is 11.5 Å². The van der Waals surface area contributed by atoms with Crippen molar-refractivity contribution in [1.29, 1.82) is 0 Å². The summed E-state index contributed by atoms with van der Waals surface area (Å²) in [4.78, 5) is 27.2. The minimum absolute atomic E-state index is 0.00503. The van der Waals surface area contributed by atoms with E-state index in [0.717, 1.165) is 6.42 Å². The number of carbonyl (C=O) groups is 2. The number of amides is 1. The third-order valence-corrected chi connectivity index (χ3v) is 5.47. The van der Waals surface area contributed by atoms with E-state index in [0.29, 0.717) is 29.2 Å². The Morgan fingerprint density at radius 2 is 1.81 bits per heavy atom. The summed E-state index contributed by atoms with van der Waals surface area (Å²) in [6.45, 7) is 3.04. The van der Waals surface area contributed by atoms with Crippen LogP contribution in [0.4, 0.5) is 0 Å². The quantitative estimate of drug-likeness (QED) is 0.343. The van der Waals surface area contributed by atoms with E-state index in [4.69, 9.17) is 25.8 Å². The maximum atomic E-state index is 13.0. The summed E-state index contributed by atoms with van der Waals surface area (Å²) < 4.78 is 15.9. The summed E-state index contributed by atoms with van der Waals surface area (Å²) in [7, 11) is 3.00. The van der Waals surface area contributed by atoms with Gasteiger partial charge < -0.3 is 24.2 Å². The summed E-state index contributed by atoms with van der Waals surface area (Å²) in [5.41, 5.74) is 0.980. The first kappa shape index (κ1) is 23.6. The third-order valence-electron chi connectivity index (χ3n) is 5.17. The molecule has 1 fully saturated rings. The van der Waals surface area contributed by atoms with Gasteiger partial charge in [0, 0.05) is 19.2 Å². The van der Waals surface area contributed by atoms with E-state index in [1.165, 1.54) is 25.2 Å². The molecule has 1 unspecified atom stereocenters. The van der Waals surface area contributed by atoms with Gasteiger partial charge in [-0.1, -0.05) is 30.7 Å². The van der Waals surface area contributed by atoms with E-state index >= 15 is 0 Å². The second-order valence-corrected chi connectivity index (χ2v) is 7.66. The smallest absolute Gasteiger partial charge is 0.295 e. The molecular formula is C24H26ClNO6. The number of carbonyl (C=O) groups excluding carboxylic acids is 2. The second-order valence-electron chi connectivity index (χ2n) is 7.25. The molecule has 2 aromatic carbocycles. The first-order valence-electron chi connectivity index (χ1n) is 10.3. The maximum Gasteiger partial charge on any atom is 0.295 e. The van der Waals surface area contributed by atoms with Crippen molar-refractivity contribution in [2.45, 2.75) is 19.4 Å². The highest BCUT2D eigenvalue weighted by molar-refractivity contribution is 6.46. The Hall–Kier alpha value is -3.03. The lowest BCUT2D eigenvalue weighted by atomic mass is 9.95. The van der Waals surface area contributed by atoms with Gasteiger partial charge in [0.1, 0.15) is 17.3 Å². The van der Waals surface area contributed by atoms with Gasteiger partial charge >= 0.3 is 0 Å². The van der Waals surface area contributed by atoms with Crippen LogP contribution in [0.25, 0.3) is 5.76 Å². The van der Waals surface area contributed by atoms with Gasteiger partial charge in [-0.05, 0) is 42.3 Å². The molecule has 3 rings (SSSR count). The number of methoxy groups -OCH3 is 2. The van der Waals surface area contributed by atoms with Gasteiger partial charge in [-0.25, -0.2) is 0 Å². The molecule has 1 N–H and O–H groups in total. The van der Waals surface area contributed by atoms with Gasteiger partial charge in [-0.3, -0.25) is 9.59 Å². The number of aliphatic hydroxyl groups excluding tert-OH is 1. The molecule has 1 aliphatic heterocycles. The number of benzene rings is 2. The lowest BCUT2D eigenvalue weighted by Gasteiger charge is -2.25. The standard InChI is InChI=1S/C24H26ClNO6/c1-4-12-32-17-8-5-15(6-9-17)21-20(23(28)24(29)26(21)11-13-30-2)22(27)16-7-10-19(31-3)18(25)14-16/h5-10,14,21,27H,4,11-13H2,1-3H3/b22-20-. The molecule has 1 amide bonds. The lowest BCUT2D eigenvalue weighted by Crippen LogP contribution is -2.32. The van der Waals surface area contributed by atoms with Crippen molar-refractivity contribution in [2.24, 2.45) is 0 Å².